The summed E-state index contributed by atoms with van der Waals surface area (Å²) in [5.41, 5.74) is 1.59. The topological polar surface area (TPSA) is 86.7 Å². The van der Waals surface area contributed by atoms with E-state index in [0.717, 1.165) is 43.3 Å². The third kappa shape index (κ3) is 4.07. The van der Waals surface area contributed by atoms with Crippen molar-refractivity contribution in [3.8, 4) is 0 Å². The Morgan fingerprint density at radius 3 is 2.29 bits per heavy atom. The molecule has 4 aliphatic carbocycles. The number of allylic oxidation sites excluding steroid dienone is 3. The molecule has 0 N–H and O–H groups in total. The first-order valence-corrected chi connectivity index (χ1v) is 12.8. The van der Waals surface area contributed by atoms with Crippen LogP contribution in [-0.2, 0) is 28.7 Å². The molecule has 0 spiro atoms. The number of rotatable bonds is 6. The van der Waals surface area contributed by atoms with Crippen LogP contribution in [0.4, 0.5) is 0 Å². The SMILES string of the molecule is CC[C@H](OC(C)=O)[C@@H](CC1=CC(=O)C=C2CC[C@@H]3[C@H](CC[C@]4(C)C(=O)CC[C@@H]34)[C@]21C)OC(C)=O. The maximum absolute atomic E-state index is 12.8. The summed E-state index contributed by atoms with van der Waals surface area (Å²) < 4.78 is 11.2. The molecular formula is C28H38O6. The van der Waals surface area contributed by atoms with Gasteiger partial charge in [0.05, 0.1) is 0 Å². The van der Waals surface area contributed by atoms with E-state index in [1.165, 1.54) is 13.8 Å². The van der Waals surface area contributed by atoms with Crippen LogP contribution in [-0.4, -0.2) is 35.7 Å². The van der Waals surface area contributed by atoms with Gasteiger partial charge in [0, 0.05) is 37.5 Å². The van der Waals surface area contributed by atoms with Gasteiger partial charge in [-0.2, -0.15) is 0 Å². The molecule has 3 fully saturated rings. The highest BCUT2D eigenvalue weighted by Gasteiger charge is 2.60. The van der Waals surface area contributed by atoms with Crippen molar-refractivity contribution in [1.29, 1.82) is 0 Å². The number of hydrogen-bond acceptors (Lipinski definition) is 6. The van der Waals surface area contributed by atoms with Crippen molar-refractivity contribution in [1.82, 2.24) is 0 Å². The van der Waals surface area contributed by atoms with Crippen LogP contribution in [0.2, 0.25) is 0 Å². The summed E-state index contributed by atoms with van der Waals surface area (Å²) in [6.07, 6.45) is 8.50. The molecule has 0 aromatic heterocycles. The summed E-state index contributed by atoms with van der Waals surface area (Å²) in [7, 11) is 0. The highest BCUT2D eigenvalue weighted by molar-refractivity contribution is 6.02. The van der Waals surface area contributed by atoms with Gasteiger partial charge in [-0.25, -0.2) is 0 Å². The van der Waals surface area contributed by atoms with Crippen LogP contribution in [0.15, 0.2) is 23.3 Å². The van der Waals surface area contributed by atoms with Crippen LogP contribution >= 0.6 is 0 Å². The van der Waals surface area contributed by atoms with Gasteiger partial charge in [0.25, 0.3) is 0 Å². The summed E-state index contributed by atoms with van der Waals surface area (Å²) in [6, 6.07) is 0. The Balaban J connectivity index is 1.68. The molecule has 0 unspecified atom stereocenters. The summed E-state index contributed by atoms with van der Waals surface area (Å²) >= 11 is 0. The van der Waals surface area contributed by atoms with E-state index in [-0.39, 0.29) is 16.6 Å². The zero-order valence-electron chi connectivity index (χ0n) is 21.1. The Hall–Kier alpha value is -2.24. The average Bonchev–Trinajstić information content (AvgIpc) is 3.06. The molecular weight excluding hydrogens is 432 g/mol. The molecule has 7 atom stereocenters. The first kappa shape index (κ1) is 24.9. The number of ether oxygens (including phenoxy) is 2. The minimum absolute atomic E-state index is 0.0280. The molecule has 0 aromatic rings. The van der Waals surface area contributed by atoms with E-state index < -0.39 is 24.1 Å². The zero-order valence-corrected chi connectivity index (χ0v) is 21.1. The van der Waals surface area contributed by atoms with Gasteiger partial charge in [-0.3, -0.25) is 19.2 Å². The highest BCUT2D eigenvalue weighted by atomic mass is 16.6. The molecule has 0 heterocycles. The minimum atomic E-state index is -0.649. The third-order valence-electron chi connectivity index (χ3n) is 9.47. The normalized spacial score (nSPS) is 36.3. The number of esters is 2. The average molecular weight is 471 g/mol. The number of carbonyl (C=O) groups excluding carboxylic acids is 4. The lowest BCUT2D eigenvalue weighted by molar-refractivity contribution is -0.165. The highest BCUT2D eigenvalue weighted by Crippen LogP contribution is 2.65. The molecule has 0 radical (unpaired) electrons. The van der Waals surface area contributed by atoms with Gasteiger partial charge in [0.2, 0.25) is 0 Å². The van der Waals surface area contributed by atoms with Crippen LogP contribution in [0.25, 0.3) is 0 Å². The lowest BCUT2D eigenvalue weighted by atomic mass is 9.46. The summed E-state index contributed by atoms with van der Waals surface area (Å²) in [6.45, 7) is 9.02. The van der Waals surface area contributed by atoms with E-state index in [9.17, 15) is 19.2 Å². The van der Waals surface area contributed by atoms with E-state index in [4.69, 9.17) is 9.47 Å². The molecule has 0 aromatic carbocycles. The van der Waals surface area contributed by atoms with Crippen molar-refractivity contribution >= 4 is 23.5 Å². The van der Waals surface area contributed by atoms with Crippen molar-refractivity contribution in [2.75, 3.05) is 0 Å². The monoisotopic (exact) mass is 470 g/mol. The second-order valence-electron chi connectivity index (χ2n) is 11.2. The fourth-order valence-electron chi connectivity index (χ4n) is 7.78. The molecule has 0 amide bonds. The van der Waals surface area contributed by atoms with Gasteiger partial charge in [-0.15, -0.1) is 0 Å². The molecule has 0 saturated heterocycles. The van der Waals surface area contributed by atoms with Crippen LogP contribution < -0.4 is 0 Å². The molecule has 6 heteroatoms. The maximum Gasteiger partial charge on any atom is 0.303 e. The molecule has 4 rings (SSSR count). The van der Waals surface area contributed by atoms with Crippen LogP contribution in [0, 0.1) is 28.6 Å². The molecule has 0 bridgehead atoms. The maximum atomic E-state index is 12.8. The van der Waals surface area contributed by atoms with Crippen molar-refractivity contribution < 1.29 is 28.7 Å². The van der Waals surface area contributed by atoms with E-state index in [1.54, 1.807) is 12.2 Å². The van der Waals surface area contributed by atoms with Gasteiger partial charge >= 0.3 is 11.9 Å². The number of fused-ring (bicyclic) bond motifs is 5. The second kappa shape index (κ2) is 9.09. The van der Waals surface area contributed by atoms with Gasteiger partial charge in [0.15, 0.2) is 5.78 Å². The smallest absolute Gasteiger partial charge is 0.303 e. The van der Waals surface area contributed by atoms with Crippen LogP contribution in [0.5, 0.6) is 0 Å². The predicted molar refractivity (Wildman–Crippen MR) is 127 cm³/mol. The van der Waals surface area contributed by atoms with Crippen LogP contribution in [0.3, 0.4) is 0 Å². The number of carbonyl (C=O) groups is 4. The summed E-state index contributed by atoms with van der Waals surface area (Å²) in [5, 5.41) is 0. The Morgan fingerprint density at radius 2 is 1.65 bits per heavy atom. The molecule has 34 heavy (non-hydrogen) atoms. The molecule has 0 aliphatic heterocycles. The molecule has 3 saturated carbocycles. The van der Waals surface area contributed by atoms with E-state index in [2.05, 4.69) is 13.8 Å². The van der Waals surface area contributed by atoms with Crippen molar-refractivity contribution in [3.05, 3.63) is 23.3 Å². The Morgan fingerprint density at radius 1 is 0.971 bits per heavy atom. The van der Waals surface area contributed by atoms with Gasteiger partial charge in [-0.1, -0.05) is 31.9 Å². The van der Waals surface area contributed by atoms with Crippen molar-refractivity contribution in [2.45, 2.75) is 98.2 Å². The van der Waals surface area contributed by atoms with E-state index in [1.807, 2.05) is 6.92 Å². The Labute approximate surface area is 202 Å². The standard InChI is InChI=1S/C28H38O6/c1-6-24(33-16(2)29)25(34-17(3)30)15-19-14-20(31)13-18-7-8-21-22-9-10-26(32)27(22,4)12-11-23(21)28(18,19)5/h13-14,21-25H,6-12,15H2,1-5H3/t21-,22-,23-,24-,25+,27-,28+/m0/s1. The lowest BCUT2D eigenvalue weighted by Gasteiger charge is -2.57. The van der Waals surface area contributed by atoms with Crippen LogP contribution in [0.1, 0.15) is 86.0 Å². The lowest BCUT2D eigenvalue weighted by Crippen LogP contribution is -2.51. The van der Waals surface area contributed by atoms with Gasteiger partial charge < -0.3 is 9.47 Å². The molecule has 6 nitrogen and oxygen atoms in total. The Bertz CT molecular complexity index is 960. The van der Waals surface area contributed by atoms with E-state index >= 15 is 0 Å². The quantitative estimate of drug-likeness (QED) is 0.513. The number of Topliss-reactive ketones (excluding diaryl/α,β-unsaturated/α-hetero) is 1. The van der Waals surface area contributed by atoms with E-state index in [0.29, 0.717) is 42.8 Å². The predicted octanol–water partition coefficient (Wildman–Crippen LogP) is 4.90. The third-order valence-corrected chi connectivity index (χ3v) is 9.47. The number of ketones is 2. The second-order valence-corrected chi connectivity index (χ2v) is 11.2. The minimum Gasteiger partial charge on any atom is -0.459 e. The molecule has 186 valence electrons. The summed E-state index contributed by atoms with van der Waals surface area (Å²) in [5.74, 6) is 0.705. The zero-order chi connectivity index (χ0) is 24.8. The largest absolute Gasteiger partial charge is 0.459 e. The first-order valence-electron chi connectivity index (χ1n) is 12.8. The molecule has 4 aliphatic rings. The van der Waals surface area contributed by atoms with Gasteiger partial charge in [-0.05, 0) is 68.4 Å². The fraction of sp³-hybridized carbons (Fsp3) is 0.714. The van der Waals surface area contributed by atoms with Crippen molar-refractivity contribution in [2.24, 2.45) is 28.6 Å². The first-order chi connectivity index (χ1) is 16.0. The Kier molecular flexibility index (Phi) is 6.65. The van der Waals surface area contributed by atoms with Crippen molar-refractivity contribution in [3.63, 3.8) is 0 Å². The fourth-order valence-corrected chi connectivity index (χ4v) is 7.78. The summed E-state index contributed by atoms with van der Waals surface area (Å²) in [4.78, 5) is 49.2. The van der Waals surface area contributed by atoms with Gasteiger partial charge in [0.1, 0.15) is 18.0 Å². The number of hydrogen-bond donors (Lipinski definition) is 0.